The summed E-state index contributed by atoms with van der Waals surface area (Å²) in [6.07, 6.45) is 3.46. The summed E-state index contributed by atoms with van der Waals surface area (Å²) < 4.78 is 6.06. The molecule has 2 amide bonds. The van der Waals surface area contributed by atoms with Gasteiger partial charge < -0.3 is 14.2 Å². The zero-order valence-electron chi connectivity index (χ0n) is 21.7. The number of nitrogens with one attached hydrogen (secondary N) is 1. The molecule has 1 unspecified atom stereocenters. The van der Waals surface area contributed by atoms with E-state index >= 15 is 0 Å². The number of piperidine rings is 2. The zero-order valence-corrected chi connectivity index (χ0v) is 22.6. The molecule has 2 aliphatic rings. The number of imide groups is 1. The second-order valence-corrected chi connectivity index (χ2v) is 10.7. The molecular weight excluding hydrogens is 512 g/mol. The third-order valence-electron chi connectivity index (χ3n) is 8.10. The van der Waals surface area contributed by atoms with E-state index in [1.54, 1.807) is 0 Å². The lowest BCUT2D eigenvalue weighted by Crippen LogP contribution is -2.51. The molecule has 1 aromatic heterocycles. The third kappa shape index (κ3) is 4.65. The van der Waals surface area contributed by atoms with Crippen molar-refractivity contribution < 1.29 is 18.8 Å². The lowest BCUT2D eigenvalue weighted by Gasteiger charge is -2.34. The number of aldehydes is 1. The van der Waals surface area contributed by atoms with Gasteiger partial charge in [0.15, 0.2) is 11.9 Å². The highest BCUT2D eigenvalue weighted by Crippen LogP contribution is 2.40. The number of carbonyl (C=O) groups is 3. The molecule has 0 saturated carbocycles. The first-order valence-electron chi connectivity index (χ1n) is 13.3. The molecule has 3 heterocycles. The summed E-state index contributed by atoms with van der Waals surface area (Å²) in [7, 11) is 1.86. The van der Waals surface area contributed by atoms with Gasteiger partial charge in [0.05, 0.1) is 0 Å². The molecule has 1 atom stereocenters. The van der Waals surface area contributed by atoms with E-state index in [0.717, 1.165) is 65.3 Å². The molecule has 6 rings (SSSR count). The van der Waals surface area contributed by atoms with Crippen LogP contribution < -0.4 is 15.1 Å². The van der Waals surface area contributed by atoms with Crippen LogP contribution >= 0.6 is 12.6 Å². The number of benzene rings is 3. The van der Waals surface area contributed by atoms with Gasteiger partial charge in [-0.15, -0.1) is 0 Å². The summed E-state index contributed by atoms with van der Waals surface area (Å²) in [5.41, 5.74) is 5.34. The third-order valence-corrected chi connectivity index (χ3v) is 8.46. The molecule has 39 heavy (non-hydrogen) atoms. The van der Waals surface area contributed by atoms with Gasteiger partial charge in [-0.25, -0.2) is 0 Å². The van der Waals surface area contributed by atoms with Gasteiger partial charge in [-0.1, -0.05) is 30.3 Å². The zero-order chi connectivity index (χ0) is 27.1. The summed E-state index contributed by atoms with van der Waals surface area (Å²) in [6.45, 7) is 1.62. The molecular formula is C30H30N4O4S. The SMILES string of the molecule is CN(c1ccc(C2CCN(c3nc4cc(CS)ccc4o3)CC2)c2cccc(C=O)c12)C1CCC(=O)NC1=O. The Bertz CT molecular complexity index is 1590. The lowest BCUT2D eigenvalue weighted by molar-refractivity contribution is -0.134. The van der Waals surface area contributed by atoms with Gasteiger partial charge in [0.2, 0.25) is 11.8 Å². The van der Waals surface area contributed by atoms with E-state index in [1.807, 2.05) is 48.3 Å². The number of carbonyl (C=O) groups excluding carboxylic acids is 3. The van der Waals surface area contributed by atoms with Gasteiger partial charge >= 0.3 is 0 Å². The van der Waals surface area contributed by atoms with Gasteiger partial charge in [-0.3, -0.25) is 19.7 Å². The predicted molar refractivity (Wildman–Crippen MR) is 155 cm³/mol. The monoisotopic (exact) mass is 542 g/mol. The van der Waals surface area contributed by atoms with Crippen LogP contribution in [-0.4, -0.2) is 49.3 Å². The smallest absolute Gasteiger partial charge is 0.298 e. The molecule has 2 aliphatic heterocycles. The normalized spacial score (nSPS) is 18.5. The molecule has 4 aromatic rings. The molecule has 2 fully saturated rings. The van der Waals surface area contributed by atoms with Crippen LogP contribution in [0.2, 0.25) is 0 Å². The number of rotatable bonds is 6. The minimum atomic E-state index is -0.472. The first-order valence-corrected chi connectivity index (χ1v) is 13.9. The Morgan fingerprint density at radius 3 is 2.69 bits per heavy atom. The summed E-state index contributed by atoms with van der Waals surface area (Å²) >= 11 is 4.36. The number of hydrogen-bond acceptors (Lipinski definition) is 8. The summed E-state index contributed by atoms with van der Waals surface area (Å²) in [4.78, 5) is 45.2. The van der Waals surface area contributed by atoms with Crippen LogP contribution in [-0.2, 0) is 15.3 Å². The van der Waals surface area contributed by atoms with Crippen LogP contribution in [0, 0.1) is 0 Å². The molecule has 3 aromatic carbocycles. The van der Waals surface area contributed by atoms with Crippen LogP contribution in [0.1, 0.15) is 53.1 Å². The van der Waals surface area contributed by atoms with E-state index in [-0.39, 0.29) is 11.8 Å². The van der Waals surface area contributed by atoms with E-state index in [0.29, 0.717) is 36.1 Å². The van der Waals surface area contributed by atoms with E-state index in [9.17, 15) is 14.4 Å². The second kappa shape index (κ2) is 10.4. The highest BCUT2D eigenvalue weighted by atomic mass is 32.1. The van der Waals surface area contributed by atoms with Gasteiger partial charge in [-0.05, 0) is 59.9 Å². The van der Waals surface area contributed by atoms with Crippen LogP contribution in [0.15, 0.2) is 52.9 Å². The predicted octanol–water partition coefficient (Wildman–Crippen LogP) is 4.85. The van der Waals surface area contributed by atoms with Crippen LogP contribution in [0.25, 0.3) is 21.9 Å². The Morgan fingerprint density at radius 2 is 1.95 bits per heavy atom. The molecule has 200 valence electrons. The highest BCUT2D eigenvalue weighted by Gasteiger charge is 2.32. The second-order valence-electron chi connectivity index (χ2n) is 10.4. The van der Waals surface area contributed by atoms with Crippen molar-refractivity contribution in [3.63, 3.8) is 0 Å². The fourth-order valence-electron chi connectivity index (χ4n) is 5.98. The Morgan fingerprint density at radius 1 is 1.13 bits per heavy atom. The first kappa shape index (κ1) is 25.4. The molecule has 1 N–H and O–H groups in total. The minimum Gasteiger partial charge on any atom is -0.423 e. The van der Waals surface area contributed by atoms with E-state index in [2.05, 4.69) is 35.0 Å². The lowest BCUT2D eigenvalue weighted by atomic mass is 9.85. The quantitative estimate of drug-likeness (QED) is 0.204. The fourth-order valence-corrected chi connectivity index (χ4v) is 6.18. The number of amides is 2. The van der Waals surface area contributed by atoms with Crippen molar-refractivity contribution in [2.45, 2.75) is 43.4 Å². The number of fused-ring (bicyclic) bond motifs is 2. The molecule has 0 bridgehead atoms. The highest BCUT2D eigenvalue weighted by molar-refractivity contribution is 7.79. The van der Waals surface area contributed by atoms with Crippen molar-refractivity contribution in [3.8, 4) is 0 Å². The number of anilines is 2. The number of nitrogens with zero attached hydrogens (tertiary/aromatic N) is 3. The van der Waals surface area contributed by atoms with E-state index < -0.39 is 6.04 Å². The van der Waals surface area contributed by atoms with Crippen molar-refractivity contribution in [1.82, 2.24) is 10.3 Å². The Kier molecular flexibility index (Phi) is 6.76. The van der Waals surface area contributed by atoms with E-state index in [1.165, 1.54) is 5.56 Å². The van der Waals surface area contributed by atoms with Gasteiger partial charge in [0, 0.05) is 48.9 Å². The number of hydrogen-bond donors (Lipinski definition) is 2. The van der Waals surface area contributed by atoms with Crippen LogP contribution in [0.5, 0.6) is 0 Å². The largest absolute Gasteiger partial charge is 0.423 e. The molecule has 0 radical (unpaired) electrons. The van der Waals surface area contributed by atoms with Crippen molar-refractivity contribution in [1.29, 1.82) is 0 Å². The maximum atomic E-state index is 12.6. The van der Waals surface area contributed by atoms with Crippen molar-refractivity contribution in [2.75, 3.05) is 29.9 Å². The maximum absolute atomic E-state index is 12.6. The number of oxazole rings is 1. The number of likely N-dealkylation sites (N-methyl/N-ethyl adjacent to an activating group) is 1. The van der Waals surface area contributed by atoms with Gasteiger partial charge in [0.1, 0.15) is 11.6 Å². The minimum absolute atomic E-state index is 0.245. The maximum Gasteiger partial charge on any atom is 0.298 e. The summed E-state index contributed by atoms with van der Waals surface area (Å²) in [6, 6.07) is 16.1. The van der Waals surface area contributed by atoms with E-state index in [4.69, 9.17) is 9.40 Å². The molecule has 9 heteroatoms. The number of aromatic nitrogens is 1. The Balaban J connectivity index is 1.28. The standard InChI is InChI=1S/C30H30N4O4S/c1-33(25-8-10-27(36)32-29(25)37)24-7-6-21(22-4-2-3-20(16-35)28(22)24)19-11-13-34(14-12-19)30-31-23-15-18(17-39)5-9-26(23)38-30/h2-7,9,15-16,19,25,39H,8,10-14,17H2,1H3,(H,32,36,37). The van der Waals surface area contributed by atoms with Gasteiger partial charge in [-0.2, -0.15) is 17.6 Å². The average Bonchev–Trinajstić information content (AvgIpc) is 3.39. The van der Waals surface area contributed by atoms with Gasteiger partial charge in [0.25, 0.3) is 6.01 Å². The molecule has 0 spiro atoms. The molecule has 8 nitrogen and oxygen atoms in total. The van der Waals surface area contributed by atoms with Crippen LogP contribution in [0.3, 0.4) is 0 Å². The molecule has 2 saturated heterocycles. The topological polar surface area (TPSA) is 95.8 Å². The van der Waals surface area contributed by atoms with Crippen molar-refractivity contribution in [3.05, 3.63) is 65.2 Å². The fraction of sp³-hybridized carbons (Fsp3) is 0.333. The molecule has 0 aliphatic carbocycles. The van der Waals surface area contributed by atoms with Crippen molar-refractivity contribution >= 4 is 64.3 Å². The Hall–Kier alpha value is -3.85. The number of thiol groups is 1. The van der Waals surface area contributed by atoms with Crippen LogP contribution in [0.4, 0.5) is 11.7 Å². The Labute approximate surface area is 231 Å². The van der Waals surface area contributed by atoms with Crippen molar-refractivity contribution in [2.24, 2.45) is 0 Å². The first-order chi connectivity index (χ1) is 19.0. The average molecular weight is 543 g/mol. The summed E-state index contributed by atoms with van der Waals surface area (Å²) in [5, 5.41) is 4.31. The summed E-state index contributed by atoms with van der Waals surface area (Å²) in [5.74, 6) is 0.416.